The van der Waals surface area contributed by atoms with Crippen LogP contribution in [0.4, 0.5) is 0 Å². The molecule has 1 aromatic carbocycles. The van der Waals surface area contributed by atoms with Gasteiger partial charge < -0.3 is 5.73 Å². The van der Waals surface area contributed by atoms with Crippen molar-refractivity contribution in [3.05, 3.63) is 35.4 Å². The van der Waals surface area contributed by atoms with Gasteiger partial charge in [-0.15, -0.1) is 0 Å². The largest absolute Gasteiger partial charge is 0.329 e. The molecular weight excluding hydrogens is 184 g/mol. The Morgan fingerprint density at radius 3 is 2.93 bits per heavy atom. The van der Waals surface area contributed by atoms with Crippen LogP contribution in [-0.4, -0.2) is 24.5 Å². The summed E-state index contributed by atoms with van der Waals surface area (Å²) in [5, 5.41) is 0. The molecule has 0 aliphatic carbocycles. The highest BCUT2D eigenvalue weighted by atomic mass is 15.2. The number of likely N-dealkylation sites (tertiary alicyclic amines) is 1. The van der Waals surface area contributed by atoms with Crippen LogP contribution in [0.1, 0.15) is 30.0 Å². The summed E-state index contributed by atoms with van der Waals surface area (Å²) in [6.45, 7) is 5.20. The number of hydrogen-bond acceptors (Lipinski definition) is 2. The third-order valence-corrected chi connectivity index (χ3v) is 3.33. The van der Waals surface area contributed by atoms with Crippen LogP contribution >= 0.6 is 0 Å². The summed E-state index contributed by atoms with van der Waals surface area (Å²) >= 11 is 0. The van der Waals surface area contributed by atoms with Crippen LogP contribution in [0, 0.1) is 6.92 Å². The number of hydrogen-bond donors (Lipinski definition) is 1. The molecule has 82 valence electrons. The van der Waals surface area contributed by atoms with E-state index in [0.717, 1.165) is 13.1 Å². The molecule has 2 rings (SSSR count). The molecule has 1 saturated heterocycles. The fraction of sp³-hybridized carbons (Fsp3) is 0.538. The van der Waals surface area contributed by atoms with Crippen molar-refractivity contribution < 1.29 is 0 Å². The van der Waals surface area contributed by atoms with E-state index in [1.807, 2.05) is 0 Å². The standard InChI is InChI=1S/C13H20N2/c1-11-5-2-3-6-12(11)13-7-4-9-15(13)10-8-14/h2-3,5-6,13H,4,7-10,14H2,1H3/t13-/m1/s1. The van der Waals surface area contributed by atoms with Crippen molar-refractivity contribution in [2.45, 2.75) is 25.8 Å². The maximum absolute atomic E-state index is 5.65. The SMILES string of the molecule is Cc1ccccc1[C@H]1CCCN1CCN. The van der Waals surface area contributed by atoms with Crippen molar-refractivity contribution in [1.82, 2.24) is 4.90 Å². The zero-order valence-electron chi connectivity index (χ0n) is 9.45. The molecule has 0 radical (unpaired) electrons. The van der Waals surface area contributed by atoms with Crippen molar-refractivity contribution >= 4 is 0 Å². The van der Waals surface area contributed by atoms with Crippen molar-refractivity contribution in [1.29, 1.82) is 0 Å². The lowest BCUT2D eigenvalue weighted by molar-refractivity contribution is 0.264. The lowest BCUT2D eigenvalue weighted by Crippen LogP contribution is -2.29. The molecule has 1 aliphatic heterocycles. The van der Waals surface area contributed by atoms with Crippen molar-refractivity contribution in [2.24, 2.45) is 5.73 Å². The summed E-state index contributed by atoms with van der Waals surface area (Å²) < 4.78 is 0. The Balaban J connectivity index is 2.19. The summed E-state index contributed by atoms with van der Waals surface area (Å²) in [6.07, 6.45) is 2.59. The molecule has 0 amide bonds. The molecule has 1 heterocycles. The average molecular weight is 204 g/mol. The van der Waals surface area contributed by atoms with Crippen molar-refractivity contribution in [3.8, 4) is 0 Å². The third kappa shape index (κ3) is 2.21. The van der Waals surface area contributed by atoms with E-state index in [0.29, 0.717) is 6.04 Å². The van der Waals surface area contributed by atoms with Gasteiger partial charge in [-0.25, -0.2) is 0 Å². The number of nitrogens with zero attached hydrogens (tertiary/aromatic N) is 1. The van der Waals surface area contributed by atoms with Crippen molar-refractivity contribution in [3.63, 3.8) is 0 Å². The van der Waals surface area contributed by atoms with Gasteiger partial charge >= 0.3 is 0 Å². The van der Waals surface area contributed by atoms with Crippen LogP contribution in [0.5, 0.6) is 0 Å². The number of nitrogens with two attached hydrogens (primary N) is 1. The molecule has 0 spiro atoms. The van der Waals surface area contributed by atoms with Gasteiger partial charge in [-0.1, -0.05) is 24.3 Å². The minimum atomic E-state index is 0.606. The van der Waals surface area contributed by atoms with Gasteiger partial charge in [0.1, 0.15) is 0 Å². The topological polar surface area (TPSA) is 29.3 Å². The molecule has 1 atom stereocenters. The summed E-state index contributed by atoms with van der Waals surface area (Å²) in [4.78, 5) is 2.52. The predicted molar refractivity (Wildman–Crippen MR) is 63.8 cm³/mol. The van der Waals surface area contributed by atoms with E-state index in [2.05, 4.69) is 36.1 Å². The van der Waals surface area contributed by atoms with Crippen molar-refractivity contribution in [2.75, 3.05) is 19.6 Å². The van der Waals surface area contributed by atoms with E-state index < -0.39 is 0 Å². The van der Waals surface area contributed by atoms with Gasteiger partial charge in [-0.2, -0.15) is 0 Å². The second-order valence-corrected chi connectivity index (χ2v) is 4.34. The maximum Gasteiger partial charge on any atom is 0.0351 e. The van der Waals surface area contributed by atoms with E-state index in [-0.39, 0.29) is 0 Å². The van der Waals surface area contributed by atoms with Crippen LogP contribution in [-0.2, 0) is 0 Å². The lowest BCUT2D eigenvalue weighted by atomic mass is 9.99. The molecular formula is C13H20N2. The number of benzene rings is 1. The fourth-order valence-corrected chi connectivity index (χ4v) is 2.57. The van der Waals surface area contributed by atoms with Gasteiger partial charge in [-0.05, 0) is 37.4 Å². The Bertz CT molecular complexity index is 322. The first-order valence-corrected chi connectivity index (χ1v) is 5.82. The minimum Gasteiger partial charge on any atom is -0.329 e. The second kappa shape index (κ2) is 4.77. The third-order valence-electron chi connectivity index (χ3n) is 3.33. The Morgan fingerprint density at radius 1 is 1.40 bits per heavy atom. The highest BCUT2D eigenvalue weighted by Crippen LogP contribution is 2.32. The van der Waals surface area contributed by atoms with Gasteiger partial charge in [-0.3, -0.25) is 4.90 Å². The molecule has 0 unspecified atom stereocenters. The van der Waals surface area contributed by atoms with Gasteiger partial charge in [0.2, 0.25) is 0 Å². The van der Waals surface area contributed by atoms with E-state index in [1.54, 1.807) is 0 Å². The average Bonchev–Trinajstić information content (AvgIpc) is 2.67. The Hall–Kier alpha value is -0.860. The first kappa shape index (κ1) is 10.7. The monoisotopic (exact) mass is 204 g/mol. The van der Waals surface area contributed by atoms with E-state index in [4.69, 9.17) is 5.73 Å². The van der Waals surface area contributed by atoms with E-state index in [9.17, 15) is 0 Å². The number of rotatable bonds is 3. The lowest BCUT2D eigenvalue weighted by Gasteiger charge is -2.25. The normalized spacial score (nSPS) is 22.1. The Kier molecular flexibility index (Phi) is 3.39. The first-order valence-electron chi connectivity index (χ1n) is 5.82. The van der Waals surface area contributed by atoms with E-state index in [1.165, 1.54) is 30.5 Å². The van der Waals surface area contributed by atoms with Crippen LogP contribution < -0.4 is 5.73 Å². The predicted octanol–water partition coefficient (Wildman–Crippen LogP) is 2.09. The Labute approximate surface area is 92.1 Å². The molecule has 0 saturated carbocycles. The molecule has 0 bridgehead atoms. The zero-order chi connectivity index (χ0) is 10.7. The summed E-state index contributed by atoms with van der Waals surface area (Å²) in [5.41, 5.74) is 8.54. The van der Waals surface area contributed by atoms with E-state index >= 15 is 0 Å². The quantitative estimate of drug-likeness (QED) is 0.817. The minimum absolute atomic E-state index is 0.606. The van der Waals surface area contributed by atoms with Gasteiger partial charge in [0.05, 0.1) is 0 Å². The van der Waals surface area contributed by atoms with Gasteiger partial charge in [0.25, 0.3) is 0 Å². The molecule has 2 nitrogen and oxygen atoms in total. The van der Waals surface area contributed by atoms with Crippen LogP contribution in [0.3, 0.4) is 0 Å². The highest BCUT2D eigenvalue weighted by Gasteiger charge is 2.25. The molecule has 1 aliphatic rings. The smallest absolute Gasteiger partial charge is 0.0351 e. The molecule has 2 N–H and O–H groups in total. The highest BCUT2D eigenvalue weighted by molar-refractivity contribution is 5.29. The molecule has 1 aromatic rings. The first-order chi connectivity index (χ1) is 7.33. The zero-order valence-corrected chi connectivity index (χ0v) is 9.45. The second-order valence-electron chi connectivity index (χ2n) is 4.34. The van der Waals surface area contributed by atoms with Crippen LogP contribution in [0.15, 0.2) is 24.3 Å². The summed E-state index contributed by atoms with van der Waals surface area (Å²) in [7, 11) is 0. The van der Waals surface area contributed by atoms with Gasteiger partial charge in [0.15, 0.2) is 0 Å². The summed E-state index contributed by atoms with van der Waals surface area (Å²) in [6, 6.07) is 9.32. The maximum atomic E-state index is 5.65. The van der Waals surface area contributed by atoms with Gasteiger partial charge in [0, 0.05) is 19.1 Å². The molecule has 0 aromatic heterocycles. The molecule has 15 heavy (non-hydrogen) atoms. The Morgan fingerprint density at radius 2 is 2.20 bits per heavy atom. The number of aryl methyl sites for hydroxylation is 1. The van der Waals surface area contributed by atoms with Crippen LogP contribution in [0.2, 0.25) is 0 Å². The molecule has 1 fully saturated rings. The summed E-state index contributed by atoms with van der Waals surface area (Å²) in [5.74, 6) is 0. The van der Waals surface area contributed by atoms with Crippen LogP contribution in [0.25, 0.3) is 0 Å². The fourth-order valence-electron chi connectivity index (χ4n) is 2.57. The molecule has 2 heteroatoms.